The summed E-state index contributed by atoms with van der Waals surface area (Å²) in [4.78, 5) is 24.2. The third-order valence-corrected chi connectivity index (χ3v) is 1.65. The number of hydrogen-bond acceptors (Lipinski definition) is 4. The fraction of sp³-hybridized carbons (Fsp3) is 0.600. The Morgan fingerprint density at radius 2 is 1.79 bits per heavy atom. The molecule has 0 aliphatic heterocycles. The van der Waals surface area contributed by atoms with Gasteiger partial charge in [-0.15, -0.1) is 0 Å². The minimum atomic E-state index is -0.813. The van der Waals surface area contributed by atoms with Gasteiger partial charge in [0.05, 0.1) is 7.11 Å². The van der Waals surface area contributed by atoms with Crippen molar-refractivity contribution in [1.82, 2.24) is 4.90 Å². The van der Waals surface area contributed by atoms with Crippen molar-refractivity contribution >= 4 is 11.8 Å². The SMILES string of the molecule is COC(=O)C(=O)/C(=C/N(C)C)C(C)C. The first-order valence-corrected chi connectivity index (χ1v) is 4.41. The van der Waals surface area contributed by atoms with E-state index >= 15 is 0 Å². The summed E-state index contributed by atoms with van der Waals surface area (Å²) in [6.45, 7) is 3.71. The molecule has 0 aliphatic rings. The van der Waals surface area contributed by atoms with E-state index in [2.05, 4.69) is 4.74 Å². The van der Waals surface area contributed by atoms with Crippen molar-refractivity contribution in [3.05, 3.63) is 11.8 Å². The molecule has 14 heavy (non-hydrogen) atoms. The summed E-state index contributed by atoms with van der Waals surface area (Å²) in [5.41, 5.74) is 0.460. The molecule has 0 rings (SSSR count). The third-order valence-electron chi connectivity index (χ3n) is 1.65. The van der Waals surface area contributed by atoms with Crippen LogP contribution in [0.25, 0.3) is 0 Å². The Balaban J connectivity index is 4.85. The van der Waals surface area contributed by atoms with E-state index in [0.717, 1.165) is 0 Å². The summed E-state index contributed by atoms with van der Waals surface area (Å²) in [7, 11) is 4.80. The van der Waals surface area contributed by atoms with Crippen LogP contribution in [0.3, 0.4) is 0 Å². The quantitative estimate of drug-likeness (QED) is 0.382. The van der Waals surface area contributed by atoms with Crippen LogP contribution in [0.4, 0.5) is 0 Å². The van der Waals surface area contributed by atoms with Gasteiger partial charge in [0.25, 0.3) is 5.78 Å². The maximum atomic E-state index is 11.5. The maximum Gasteiger partial charge on any atom is 0.379 e. The first kappa shape index (κ1) is 12.7. The van der Waals surface area contributed by atoms with E-state index in [1.807, 2.05) is 13.8 Å². The summed E-state index contributed by atoms with van der Waals surface area (Å²) in [6.07, 6.45) is 1.64. The average Bonchev–Trinajstić information content (AvgIpc) is 2.11. The molecule has 0 aromatic heterocycles. The highest BCUT2D eigenvalue weighted by Gasteiger charge is 2.21. The standard InChI is InChI=1S/C10H17NO3/c1-7(2)8(6-11(3)4)9(12)10(13)14-5/h6-7H,1-5H3/b8-6+. The van der Waals surface area contributed by atoms with Crippen molar-refractivity contribution in [2.24, 2.45) is 5.92 Å². The van der Waals surface area contributed by atoms with Crippen molar-refractivity contribution in [1.29, 1.82) is 0 Å². The van der Waals surface area contributed by atoms with E-state index < -0.39 is 11.8 Å². The van der Waals surface area contributed by atoms with Gasteiger partial charge in [-0.05, 0) is 5.92 Å². The molecular weight excluding hydrogens is 182 g/mol. The zero-order valence-electron chi connectivity index (χ0n) is 9.33. The number of nitrogens with zero attached hydrogens (tertiary/aromatic N) is 1. The highest BCUT2D eigenvalue weighted by Crippen LogP contribution is 2.11. The first-order valence-electron chi connectivity index (χ1n) is 4.41. The Hall–Kier alpha value is -1.32. The van der Waals surface area contributed by atoms with Gasteiger partial charge >= 0.3 is 5.97 Å². The highest BCUT2D eigenvalue weighted by molar-refractivity contribution is 6.40. The summed E-state index contributed by atoms with van der Waals surface area (Å²) < 4.78 is 4.38. The van der Waals surface area contributed by atoms with E-state index in [1.54, 1.807) is 25.2 Å². The van der Waals surface area contributed by atoms with Crippen LogP contribution < -0.4 is 0 Å². The molecular formula is C10H17NO3. The molecule has 0 saturated heterocycles. The molecule has 0 spiro atoms. The van der Waals surface area contributed by atoms with Crippen LogP contribution in [0.2, 0.25) is 0 Å². The number of methoxy groups -OCH3 is 1. The summed E-state index contributed by atoms with van der Waals surface area (Å²) in [5.74, 6) is -1.38. The molecule has 0 atom stereocenters. The van der Waals surface area contributed by atoms with Gasteiger partial charge < -0.3 is 9.64 Å². The number of hydrogen-bond donors (Lipinski definition) is 0. The molecule has 4 nitrogen and oxygen atoms in total. The van der Waals surface area contributed by atoms with Gasteiger partial charge in [0.2, 0.25) is 0 Å². The van der Waals surface area contributed by atoms with Crippen LogP contribution in [0.1, 0.15) is 13.8 Å². The van der Waals surface area contributed by atoms with Crippen molar-refractivity contribution in [2.45, 2.75) is 13.8 Å². The predicted octanol–water partition coefficient (Wildman–Crippen LogP) is 0.830. The molecule has 0 aromatic rings. The average molecular weight is 199 g/mol. The number of carbonyl (C=O) groups excluding carboxylic acids is 2. The summed E-state index contributed by atoms with van der Waals surface area (Å²) in [5, 5.41) is 0. The number of carbonyl (C=O) groups is 2. The van der Waals surface area contributed by atoms with Crippen LogP contribution in [0, 0.1) is 5.92 Å². The molecule has 0 N–H and O–H groups in total. The fourth-order valence-corrected chi connectivity index (χ4v) is 0.959. The second-order valence-electron chi connectivity index (χ2n) is 3.52. The second kappa shape index (κ2) is 5.42. The van der Waals surface area contributed by atoms with Crippen LogP contribution in [-0.2, 0) is 14.3 Å². The Bertz CT molecular complexity index is 254. The summed E-state index contributed by atoms with van der Waals surface area (Å²) in [6, 6.07) is 0. The molecule has 0 saturated carbocycles. The highest BCUT2D eigenvalue weighted by atomic mass is 16.5. The molecule has 0 unspecified atom stereocenters. The van der Waals surface area contributed by atoms with Crippen LogP contribution in [0.15, 0.2) is 11.8 Å². The van der Waals surface area contributed by atoms with Gasteiger partial charge in [-0.3, -0.25) is 4.79 Å². The molecule has 0 heterocycles. The van der Waals surface area contributed by atoms with Gasteiger partial charge in [-0.1, -0.05) is 13.8 Å². The number of esters is 1. The Labute approximate surface area is 84.5 Å². The molecule has 4 heteroatoms. The van der Waals surface area contributed by atoms with Crippen LogP contribution in [-0.4, -0.2) is 37.9 Å². The molecule has 0 bridgehead atoms. The smallest absolute Gasteiger partial charge is 0.379 e. The third kappa shape index (κ3) is 3.60. The summed E-state index contributed by atoms with van der Waals surface area (Å²) >= 11 is 0. The predicted molar refractivity (Wildman–Crippen MR) is 53.6 cm³/mol. The van der Waals surface area contributed by atoms with Crippen LogP contribution in [0.5, 0.6) is 0 Å². The lowest BCUT2D eigenvalue weighted by Gasteiger charge is -2.12. The minimum absolute atomic E-state index is 0.00370. The van der Waals surface area contributed by atoms with Gasteiger partial charge in [0.1, 0.15) is 0 Å². The normalized spacial score (nSPS) is 11.4. The number of rotatable bonds is 4. The lowest BCUT2D eigenvalue weighted by molar-refractivity contribution is -0.150. The topological polar surface area (TPSA) is 46.6 Å². The fourth-order valence-electron chi connectivity index (χ4n) is 0.959. The molecule has 0 aliphatic carbocycles. The van der Waals surface area contributed by atoms with E-state index in [9.17, 15) is 9.59 Å². The van der Waals surface area contributed by atoms with Crippen molar-refractivity contribution in [3.8, 4) is 0 Å². The van der Waals surface area contributed by atoms with Crippen molar-refractivity contribution in [2.75, 3.05) is 21.2 Å². The lowest BCUT2D eigenvalue weighted by Crippen LogP contribution is -2.22. The largest absolute Gasteiger partial charge is 0.463 e. The first-order chi connectivity index (χ1) is 6.40. The van der Waals surface area contributed by atoms with E-state index in [4.69, 9.17) is 0 Å². The number of ketones is 1. The van der Waals surface area contributed by atoms with Gasteiger partial charge in [-0.25, -0.2) is 4.79 Å². The molecule has 80 valence electrons. The maximum absolute atomic E-state index is 11.5. The van der Waals surface area contributed by atoms with Gasteiger partial charge in [-0.2, -0.15) is 0 Å². The molecule has 0 fully saturated rings. The Kier molecular flexibility index (Phi) is 4.91. The van der Waals surface area contributed by atoms with E-state index in [0.29, 0.717) is 5.57 Å². The zero-order chi connectivity index (χ0) is 11.3. The molecule has 0 amide bonds. The van der Waals surface area contributed by atoms with E-state index in [1.165, 1.54) is 7.11 Å². The monoisotopic (exact) mass is 199 g/mol. The van der Waals surface area contributed by atoms with Gasteiger partial charge in [0, 0.05) is 25.9 Å². The van der Waals surface area contributed by atoms with Crippen molar-refractivity contribution in [3.63, 3.8) is 0 Å². The Morgan fingerprint density at radius 1 is 1.29 bits per heavy atom. The second-order valence-corrected chi connectivity index (χ2v) is 3.52. The van der Waals surface area contributed by atoms with Crippen molar-refractivity contribution < 1.29 is 14.3 Å². The van der Waals surface area contributed by atoms with Gasteiger partial charge in [0.15, 0.2) is 0 Å². The molecule has 0 radical (unpaired) electrons. The molecule has 0 aromatic carbocycles. The van der Waals surface area contributed by atoms with Crippen LogP contribution >= 0.6 is 0 Å². The minimum Gasteiger partial charge on any atom is -0.463 e. The zero-order valence-corrected chi connectivity index (χ0v) is 9.33. The lowest BCUT2D eigenvalue weighted by atomic mass is 10.00. The van der Waals surface area contributed by atoms with E-state index in [-0.39, 0.29) is 5.92 Å². The number of ether oxygens (including phenoxy) is 1. The Morgan fingerprint density at radius 3 is 2.07 bits per heavy atom. The number of Topliss-reactive ketones (excluding diaryl/α,β-unsaturated/α-hetero) is 1.